The van der Waals surface area contributed by atoms with Crippen molar-refractivity contribution in [3.05, 3.63) is 17.7 Å². The molecule has 0 spiro atoms. The summed E-state index contributed by atoms with van der Waals surface area (Å²) in [5, 5.41) is 12.2. The normalized spacial score (nSPS) is 11.8. The first-order chi connectivity index (χ1) is 9.53. The molecule has 4 N–H and O–H groups in total. The van der Waals surface area contributed by atoms with E-state index >= 15 is 0 Å². The lowest BCUT2D eigenvalue weighted by molar-refractivity contribution is -0.125. The Morgan fingerprint density at radius 2 is 1.75 bits per heavy atom. The first kappa shape index (κ1) is 16.1. The number of hydrogen-bond donors (Lipinski definition) is 3. The Bertz CT molecular complexity index is 464. The minimum absolute atomic E-state index is 0.0623. The van der Waals surface area contributed by atoms with Gasteiger partial charge >= 0.3 is 0 Å². The maximum atomic E-state index is 10.7. The van der Waals surface area contributed by atoms with Crippen LogP contribution in [0.5, 0.6) is 17.2 Å². The van der Waals surface area contributed by atoms with E-state index in [4.69, 9.17) is 19.9 Å². The van der Waals surface area contributed by atoms with Gasteiger partial charge in [-0.25, -0.2) is 0 Å². The van der Waals surface area contributed by atoms with Gasteiger partial charge in [0.25, 0.3) is 0 Å². The molecule has 0 saturated carbocycles. The van der Waals surface area contributed by atoms with E-state index in [-0.39, 0.29) is 6.54 Å². The summed E-state index contributed by atoms with van der Waals surface area (Å²) < 4.78 is 15.7. The van der Waals surface area contributed by atoms with Gasteiger partial charge in [-0.1, -0.05) is 0 Å². The second-order valence-corrected chi connectivity index (χ2v) is 4.07. The van der Waals surface area contributed by atoms with Crippen molar-refractivity contribution >= 4 is 5.91 Å². The fourth-order valence-corrected chi connectivity index (χ4v) is 1.67. The van der Waals surface area contributed by atoms with Crippen molar-refractivity contribution in [1.82, 2.24) is 5.32 Å². The molecule has 0 heterocycles. The summed E-state index contributed by atoms with van der Waals surface area (Å²) in [6.07, 6.45) is -1.22. The highest BCUT2D eigenvalue weighted by Gasteiger charge is 2.13. The van der Waals surface area contributed by atoms with Crippen LogP contribution in [0.4, 0.5) is 0 Å². The molecule has 7 nitrogen and oxygen atoms in total. The number of carbonyl (C=O) groups is 1. The quantitative estimate of drug-likeness (QED) is 0.603. The standard InChI is InChI=1S/C13H20N2O5/c1-18-10-5-12(20-3)11(19-2)4-8(10)6-15-7-9(16)13(14)17/h4-5,9,15-16H,6-7H2,1-3H3,(H2,14,17). The number of ether oxygens (including phenoxy) is 3. The van der Waals surface area contributed by atoms with E-state index in [1.807, 2.05) is 0 Å². The average molecular weight is 284 g/mol. The molecule has 1 aromatic rings. The molecule has 1 atom stereocenters. The minimum Gasteiger partial charge on any atom is -0.496 e. The molecule has 0 bridgehead atoms. The third-order valence-electron chi connectivity index (χ3n) is 2.77. The monoisotopic (exact) mass is 284 g/mol. The van der Waals surface area contributed by atoms with Gasteiger partial charge in [0.1, 0.15) is 11.9 Å². The summed E-state index contributed by atoms with van der Waals surface area (Å²) in [5.74, 6) is 0.978. The van der Waals surface area contributed by atoms with Gasteiger partial charge in [-0.05, 0) is 6.07 Å². The maximum absolute atomic E-state index is 10.7. The molecule has 0 aliphatic rings. The predicted octanol–water partition coefficient (Wildman–Crippen LogP) is -0.352. The number of amides is 1. The average Bonchev–Trinajstić information content (AvgIpc) is 2.46. The summed E-state index contributed by atoms with van der Waals surface area (Å²) in [4.78, 5) is 10.7. The van der Waals surface area contributed by atoms with Crippen LogP contribution in [0.25, 0.3) is 0 Å². The van der Waals surface area contributed by atoms with Crippen molar-refractivity contribution in [1.29, 1.82) is 0 Å². The summed E-state index contributed by atoms with van der Waals surface area (Å²) in [5.41, 5.74) is 5.77. The summed E-state index contributed by atoms with van der Waals surface area (Å²) in [6, 6.07) is 3.47. The predicted molar refractivity (Wildman–Crippen MR) is 73.0 cm³/mol. The Labute approximate surface area is 117 Å². The second kappa shape index (κ2) is 7.56. The second-order valence-electron chi connectivity index (χ2n) is 4.07. The lowest BCUT2D eigenvalue weighted by atomic mass is 10.1. The van der Waals surface area contributed by atoms with Crippen molar-refractivity contribution in [2.45, 2.75) is 12.6 Å². The SMILES string of the molecule is COc1cc(OC)c(OC)cc1CNCC(O)C(N)=O. The van der Waals surface area contributed by atoms with Crippen LogP contribution in [0.15, 0.2) is 12.1 Å². The van der Waals surface area contributed by atoms with Crippen molar-refractivity contribution in [3.63, 3.8) is 0 Å². The largest absolute Gasteiger partial charge is 0.496 e. The van der Waals surface area contributed by atoms with E-state index in [2.05, 4.69) is 5.32 Å². The molecular weight excluding hydrogens is 264 g/mol. The number of methoxy groups -OCH3 is 3. The Morgan fingerprint density at radius 3 is 2.25 bits per heavy atom. The smallest absolute Gasteiger partial charge is 0.247 e. The number of nitrogens with two attached hydrogens (primary N) is 1. The Kier molecular flexibility index (Phi) is 6.08. The summed E-state index contributed by atoms with van der Waals surface area (Å²) in [7, 11) is 4.62. The highest BCUT2D eigenvalue weighted by Crippen LogP contribution is 2.34. The first-order valence-electron chi connectivity index (χ1n) is 6.00. The summed E-state index contributed by atoms with van der Waals surface area (Å²) in [6.45, 7) is 0.445. The number of carbonyl (C=O) groups excluding carboxylic acids is 1. The fraction of sp³-hybridized carbons (Fsp3) is 0.462. The molecular formula is C13H20N2O5. The van der Waals surface area contributed by atoms with Gasteiger partial charge in [-0.2, -0.15) is 0 Å². The van der Waals surface area contributed by atoms with E-state index in [1.54, 1.807) is 33.5 Å². The molecule has 0 fully saturated rings. The first-order valence-corrected chi connectivity index (χ1v) is 6.00. The maximum Gasteiger partial charge on any atom is 0.247 e. The van der Waals surface area contributed by atoms with Crippen molar-refractivity contribution in [2.75, 3.05) is 27.9 Å². The number of benzene rings is 1. The van der Waals surface area contributed by atoms with Crippen LogP contribution in [0.1, 0.15) is 5.56 Å². The molecule has 0 aliphatic heterocycles. The zero-order valence-corrected chi connectivity index (χ0v) is 11.8. The van der Waals surface area contributed by atoms with E-state index in [1.165, 1.54) is 0 Å². The van der Waals surface area contributed by atoms with Crippen LogP contribution >= 0.6 is 0 Å². The summed E-state index contributed by atoms with van der Waals surface area (Å²) >= 11 is 0. The molecule has 0 aliphatic carbocycles. The van der Waals surface area contributed by atoms with Gasteiger partial charge in [-0.15, -0.1) is 0 Å². The van der Waals surface area contributed by atoms with Crippen LogP contribution in [0, 0.1) is 0 Å². The zero-order chi connectivity index (χ0) is 15.1. The number of aliphatic hydroxyl groups excluding tert-OH is 1. The molecule has 0 saturated heterocycles. The van der Waals surface area contributed by atoms with Crippen LogP contribution in [0.3, 0.4) is 0 Å². The number of hydrogen-bond acceptors (Lipinski definition) is 6. The molecule has 1 amide bonds. The van der Waals surface area contributed by atoms with Crippen LogP contribution in [0.2, 0.25) is 0 Å². The van der Waals surface area contributed by atoms with Crippen molar-refractivity contribution < 1.29 is 24.1 Å². The Balaban J connectivity index is 2.80. The number of primary amides is 1. The third kappa shape index (κ3) is 4.01. The topological polar surface area (TPSA) is 103 Å². The highest BCUT2D eigenvalue weighted by molar-refractivity contribution is 5.78. The molecule has 0 radical (unpaired) electrons. The molecule has 112 valence electrons. The zero-order valence-electron chi connectivity index (χ0n) is 11.8. The minimum atomic E-state index is -1.22. The Hall–Kier alpha value is -1.99. The molecule has 1 aromatic carbocycles. The Morgan fingerprint density at radius 1 is 1.20 bits per heavy atom. The highest BCUT2D eigenvalue weighted by atomic mass is 16.5. The molecule has 20 heavy (non-hydrogen) atoms. The number of aliphatic hydroxyl groups is 1. The van der Waals surface area contributed by atoms with E-state index in [0.717, 1.165) is 5.56 Å². The fourth-order valence-electron chi connectivity index (χ4n) is 1.67. The number of nitrogens with one attached hydrogen (secondary N) is 1. The van der Waals surface area contributed by atoms with Crippen molar-refractivity contribution in [3.8, 4) is 17.2 Å². The van der Waals surface area contributed by atoms with Gasteiger partial charge in [-0.3, -0.25) is 4.79 Å². The third-order valence-corrected chi connectivity index (χ3v) is 2.77. The van der Waals surface area contributed by atoms with E-state index in [9.17, 15) is 9.90 Å². The van der Waals surface area contributed by atoms with Crippen LogP contribution < -0.4 is 25.3 Å². The van der Waals surface area contributed by atoms with Gasteiger partial charge in [0.2, 0.25) is 5.91 Å². The molecule has 7 heteroatoms. The molecule has 0 aromatic heterocycles. The molecule has 1 unspecified atom stereocenters. The number of rotatable bonds is 8. The van der Waals surface area contributed by atoms with Crippen molar-refractivity contribution in [2.24, 2.45) is 5.73 Å². The van der Waals surface area contributed by atoms with Crippen LogP contribution in [-0.4, -0.2) is 45.0 Å². The van der Waals surface area contributed by atoms with E-state index < -0.39 is 12.0 Å². The van der Waals surface area contributed by atoms with Gasteiger partial charge < -0.3 is 30.4 Å². The molecule has 1 rings (SSSR count). The lowest BCUT2D eigenvalue weighted by Gasteiger charge is -2.15. The van der Waals surface area contributed by atoms with Gasteiger partial charge in [0.15, 0.2) is 11.5 Å². The van der Waals surface area contributed by atoms with Gasteiger partial charge in [0.05, 0.1) is 21.3 Å². The van der Waals surface area contributed by atoms with Gasteiger partial charge in [0, 0.05) is 24.7 Å². The van der Waals surface area contributed by atoms with E-state index in [0.29, 0.717) is 23.8 Å². The lowest BCUT2D eigenvalue weighted by Crippen LogP contribution is -2.37. The van der Waals surface area contributed by atoms with Crippen LogP contribution in [-0.2, 0) is 11.3 Å².